The SMILES string of the molecule is c1ccc(N2c3cccc4c3B3c5c2cc2c(c5Oc5c3c(cc3c5C5CCC3CC5)N4c3ccccc3)C3CCC2CC3)cc1. The van der Waals surface area contributed by atoms with Gasteiger partial charge < -0.3 is 14.5 Å². The molecule has 2 fully saturated rings. The Balaban J connectivity index is 1.25. The van der Waals surface area contributed by atoms with E-state index in [0.29, 0.717) is 23.7 Å². The summed E-state index contributed by atoms with van der Waals surface area (Å²) in [6, 6.07) is 34.4. The minimum absolute atomic E-state index is 0.173. The van der Waals surface area contributed by atoms with Crippen LogP contribution in [0.1, 0.15) is 97.3 Å². The van der Waals surface area contributed by atoms with Crippen LogP contribution >= 0.6 is 0 Å². The molecule has 0 N–H and O–H groups in total. The molecule has 0 atom stereocenters. The first-order valence-electron chi connectivity index (χ1n) is 17.8. The summed E-state index contributed by atoms with van der Waals surface area (Å²) in [4.78, 5) is 5.14. The molecule has 6 aliphatic carbocycles. The van der Waals surface area contributed by atoms with Crippen LogP contribution in [0.2, 0.25) is 0 Å². The maximum absolute atomic E-state index is 7.67. The van der Waals surface area contributed by atoms with Crippen LogP contribution in [0.5, 0.6) is 11.5 Å². The summed E-state index contributed by atoms with van der Waals surface area (Å²) in [5.74, 6) is 4.98. The maximum atomic E-state index is 7.67. The van der Waals surface area contributed by atoms with Gasteiger partial charge in [0.05, 0.1) is 0 Å². The van der Waals surface area contributed by atoms with E-state index in [-0.39, 0.29) is 6.71 Å². The van der Waals surface area contributed by atoms with E-state index >= 15 is 0 Å². The first-order chi connectivity index (χ1) is 22.8. The summed E-state index contributed by atoms with van der Waals surface area (Å²) in [6.07, 6.45) is 10.5. The molecule has 3 aliphatic heterocycles. The van der Waals surface area contributed by atoms with Crippen LogP contribution in [-0.2, 0) is 0 Å². The Morgan fingerprint density at radius 1 is 0.457 bits per heavy atom. The Morgan fingerprint density at radius 3 is 1.35 bits per heavy atom. The molecule has 3 nitrogen and oxygen atoms in total. The van der Waals surface area contributed by atoms with Crippen molar-refractivity contribution in [2.75, 3.05) is 9.80 Å². The number of fused-ring (bicyclic) bond motifs is 4. The smallest absolute Gasteiger partial charge is 0.261 e. The third-order valence-electron chi connectivity index (χ3n) is 13.0. The molecular formula is C42H35BN2O. The molecule has 9 aliphatic rings. The van der Waals surface area contributed by atoms with Crippen molar-refractivity contribution < 1.29 is 4.74 Å². The molecule has 0 radical (unpaired) electrons. The highest BCUT2D eigenvalue weighted by molar-refractivity contribution is 7.01. The maximum Gasteiger partial charge on any atom is 0.261 e. The first kappa shape index (κ1) is 24.8. The van der Waals surface area contributed by atoms with Crippen LogP contribution in [0.3, 0.4) is 0 Å². The van der Waals surface area contributed by atoms with Gasteiger partial charge >= 0.3 is 0 Å². The lowest BCUT2D eigenvalue weighted by molar-refractivity contribution is 0.335. The topological polar surface area (TPSA) is 15.7 Å². The van der Waals surface area contributed by atoms with Gasteiger partial charge in [0, 0.05) is 45.3 Å². The molecule has 0 saturated heterocycles. The van der Waals surface area contributed by atoms with Crippen molar-refractivity contribution in [1.82, 2.24) is 0 Å². The number of ether oxygens (including phenoxy) is 1. The Kier molecular flexibility index (Phi) is 4.67. The molecule has 5 aromatic rings. The summed E-state index contributed by atoms with van der Waals surface area (Å²) in [5.41, 5.74) is 18.3. The van der Waals surface area contributed by atoms with Gasteiger partial charge in [-0.05, 0) is 151 Å². The monoisotopic (exact) mass is 594 g/mol. The lowest BCUT2D eigenvalue weighted by Gasteiger charge is -2.51. The quantitative estimate of drug-likeness (QED) is 0.186. The zero-order valence-electron chi connectivity index (χ0n) is 26.0. The third kappa shape index (κ3) is 2.94. The van der Waals surface area contributed by atoms with Gasteiger partial charge in [-0.1, -0.05) is 42.5 Å². The van der Waals surface area contributed by atoms with E-state index in [2.05, 4.69) is 101 Å². The Morgan fingerprint density at radius 2 is 0.891 bits per heavy atom. The molecule has 46 heavy (non-hydrogen) atoms. The second-order valence-electron chi connectivity index (χ2n) is 15.0. The predicted molar refractivity (Wildman–Crippen MR) is 188 cm³/mol. The number of hydrogen-bond donors (Lipinski definition) is 0. The number of rotatable bonds is 2. The highest BCUT2D eigenvalue weighted by Crippen LogP contribution is 2.60. The summed E-state index contributed by atoms with van der Waals surface area (Å²) in [6.45, 7) is 0.173. The van der Waals surface area contributed by atoms with E-state index in [4.69, 9.17) is 4.74 Å². The molecule has 4 heteroatoms. The molecule has 4 bridgehead atoms. The molecule has 3 heterocycles. The van der Waals surface area contributed by atoms with E-state index in [1.165, 1.54) is 113 Å². The van der Waals surface area contributed by atoms with Gasteiger partial charge in [0.2, 0.25) is 0 Å². The fourth-order valence-corrected chi connectivity index (χ4v) is 11.2. The van der Waals surface area contributed by atoms with Gasteiger partial charge in [0.15, 0.2) is 0 Å². The fourth-order valence-electron chi connectivity index (χ4n) is 11.2. The highest BCUT2D eigenvalue weighted by Gasteiger charge is 2.53. The molecule has 5 aromatic carbocycles. The Hall–Kier alpha value is -4.44. The molecular weight excluding hydrogens is 559 g/mol. The van der Waals surface area contributed by atoms with Crippen LogP contribution < -0.4 is 30.9 Å². The lowest BCUT2D eigenvalue weighted by Crippen LogP contribution is -2.64. The van der Waals surface area contributed by atoms with E-state index in [0.717, 1.165) is 0 Å². The third-order valence-corrected chi connectivity index (χ3v) is 13.0. The number of nitrogens with zero attached hydrogens (tertiary/aromatic N) is 2. The summed E-state index contributed by atoms with van der Waals surface area (Å²) in [5, 5.41) is 0. The number of hydrogen-bond acceptors (Lipinski definition) is 3. The van der Waals surface area contributed by atoms with Crippen molar-refractivity contribution in [3.05, 3.63) is 113 Å². The van der Waals surface area contributed by atoms with Crippen molar-refractivity contribution in [2.45, 2.75) is 75.0 Å². The normalized spacial score (nSPS) is 24.7. The second kappa shape index (κ2) is 8.67. The molecule has 2 saturated carbocycles. The minimum Gasteiger partial charge on any atom is -0.458 e. The second-order valence-corrected chi connectivity index (χ2v) is 15.0. The predicted octanol–water partition coefficient (Wildman–Crippen LogP) is 9.38. The first-order valence-corrected chi connectivity index (χ1v) is 17.8. The van der Waals surface area contributed by atoms with Gasteiger partial charge in [-0.25, -0.2) is 0 Å². The van der Waals surface area contributed by atoms with Crippen LogP contribution in [0, 0.1) is 0 Å². The van der Waals surface area contributed by atoms with Gasteiger partial charge in [0.25, 0.3) is 6.71 Å². The fraction of sp³-hybridized carbons (Fsp3) is 0.286. The molecule has 0 spiro atoms. The molecule has 0 unspecified atom stereocenters. The summed E-state index contributed by atoms with van der Waals surface area (Å²) >= 11 is 0. The summed E-state index contributed by atoms with van der Waals surface area (Å²) in [7, 11) is 0. The van der Waals surface area contributed by atoms with Crippen LogP contribution in [0.4, 0.5) is 34.1 Å². The van der Waals surface area contributed by atoms with Crippen LogP contribution in [0.15, 0.2) is 91.0 Å². The van der Waals surface area contributed by atoms with Crippen molar-refractivity contribution in [1.29, 1.82) is 0 Å². The molecule has 222 valence electrons. The number of benzene rings is 5. The van der Waals surface area contributed by atoms with E-state index in [9.17, 15) is 0 Å². The zero-order valence-corrected chi connectivity index (χ0v) is 26.0. The average molecular weight is 595 g/mol. The Bertz CT molecular complexity index is 1980. The van der Waals surface area contributed by atoms with E-state index in [1.807, 2.05) is 0 Å². The van der Waals surface area contributed by atoms with Crippen molar-refractivity contribution in [3.63, 3.8) is 0 Å². The van der Waals surface area contributed by atoms with Crippen molar-refractivity contribution >= 4 is 57.2 Å². The van der Waals surface area contributed by atoms with Gasteiger partial charge in [-0.15, -0.1) is 0 Å². The van der Waals surface area contributed by atoms with Crippen LogP contribution in [-0.4, -0.2) is 6.71 Å². The van der Waals surface area contributed by atoms with Crippen LogP contribution in [0.25, 0.3) is 0 Å². The highest BCUT2D eigenvalue weighted by atomic mass is 16.5. The number of anilines is 6. The van der Waals surface area contributed by atoms with Gasteiger partial charge in [0.1, 0.15) is 11.5 Å². The largest absolute Gasteiger partial charge is 0.458 e. The molecule has 14 rings (SSSR count). The Labute approximate surface area is 270 Å². The molecule has 0 aromatic heterocycles. The van der Waals surface area contributed by atoms with Crippen molar-refractivity contribution in [3.8, 4) is 11.5 Å². The average Bonchev–Trinajstić information content (AvgIpc) is 3.13. The standard InChI is InChI=1S/C42H35BN2O/c1-3-8-28(9-4-1)44-32-12-7-13-33-38(32)43-39-34(44)22-30-24-14-18-26(19-15-24)36(30)41(39)46-42-37-27-20-16-25(17-21-27)31(37)23-35(40(42)43)45(33)29-10-5-2-6-11-29/h1-13,22-27H,14-21H2. The zero-order chi connectivity index (χ0) is 29.7. The lowest BCUT2D eigenvalue weighted by atomic mass is 9.31. The van der Waals surface area contributed by atoms with Gasteiger partial charge in [-0.2, -0.15) is 0 Å². The minimum atomic E-state index is 0.173. The van der Waals surface area contributed by atoms with Crippen molar-refractivity contribution in [2.24, 2.45) is 0 Å². The summed E-state index contributed by atoms with van der Waals surface area (Å²) < 4.78 is 7.67. The van der Waals surface area contributed by atoms with E-state index < -0.39 is 0 Å². The van der Waals surface area contributed by atoms with E-state index in [1.54, 1.807) is 22.3 Å². The van der Waals surface area contributed by atoms with Gasteiger partial charge in [-0.3, -0.25) is 0 Å². The molecule has 0 amide bonds. The number of para-hydroxylation sites is 2.